The summed E-state index contributed by atoms with van der Waals surface area (Å²) >= 11 is 0. The molecular weight excluding hydrogens is 228 g/mol. The Morgan fingerprint density at radius 2 is 2.24 bits per heavy atom. The Kier molecular flexibility index (Phi) is 2.84. The molecule has 4 nitrogen and oxygen atoms in total. The molecule has 1 aliphatic carbocycles. The number of aromatic nitrogens is 2. The van der Waals surface area contributed by atoms with Crippen LogP contribution in [0.1, 0.15) is 31.1 Å². The Hall–Kier alpha value is -1.01. The number of nitrogens with one attached hydrogen (secondary N) is 1. The highest BCUT2D eigenvalue weighted by Gasteiger charge is 2.36. The van der Waals surface area contributed by atoms with Gasteiger partial charge in [0.05, 0.1) is 18.4 Å². The zero-order valence-corrected chi connectivity index (χ0v) is 9.35. The first-order chi connectivity index (χ1) is 8.24. The van der Waals surface area contributed by atoms with Crippen LogP contribution in [0.4, 0.5) is 8.78 Å². The Morgan fingerprint density at radius 3 is 2.88 bits per heavy atom. The first kappa shape index (κ1) is 11.1. The fourth-order valence-corrected chi connectivity index (χ4v) is 2.23. The predicted molar refractivity (Wildman–Crippen MR) is 56.7 cm³/mol. The Labute approximate surface area is 97.9 Å². The van der Waals surface area contributed by atoms with E-state index in [2.05, 4.69) is 10.4 Å². The third kappa shape index (κ3) is 2.32. The van der Waals surface area contributed by atoms with Crippen molar-refractivity contribution in [3.05, 3.63) is 18.0 Å². The molecule has 17 heavy (non-hydrogen) atoms. The topological polar surface area (TPSA) is 39.1 Å². The van der Waals surface area contributed by atoms with Crippen LogP contribution in [-0.4, -0.2) is 29.0 Å². The zero-order chi connectivity index (χ0) is 11.8. The van der Waals surface area contributed by atoms with Gasteiger partial charge in [-0.05, 0) is 18.8 Å². The highest BCUT2D eigenvalue weighted by molar-refractivity contribution is 5.10. The number of nitrogens with zero attached hydrogens (tertiary/aromatic N) is 2. The van der Waals surface area contributed by atoms with Crippen LogP contribution in [-0.2, 0) is 4.74 Å². The van der Waals surface area contributed by atoms with E-state index in [9.17, 15) is 8.78 Å². The van der Waals surface area contributed by atoms with Crippen LogP contribution in [0.25, 0.3) is 0 Å². The van der Waals surface area contributed by atoms with E-state index in [0.717, 1.165) is 12.1 Å². The standard InChI is InChI=1S/C11H15F2N3O/c12-11(13)16-6-8(3-15-16)10-5-14-4-9(17-10)7-1-2-7/h3,6-7,9-11,14H,1-2,4-5H2/t9-,10+/m0/s1. The van der Waals surface area contributed by atoms with Gasteiger partial charge in [0.25, 0.3) is 0 Å². The molecule has 0 bridgehead atoms. The molecule has 1 N–H and O–H groups in total. The lowest BCUT2D eigenvalue weighted by atomic mass is 10.1. The lowest BCUT2D eigenvalue weighted by Crippen LogP contribution is -2.41. The van der Waals surface area contributed by atoms with Crippen LogP contribution in [0.3, 0.4) is 0 Å². The number of ether oxygens (including phenoxy) is 1. The van der Waals surface area contributed by atoms with Crippen molar-refractivity contribution in [3.63, 3.8) is 0 Å². The molecule has 1 saturated carbocycles. The third-order valence-corrected chi connectivity index (χ3v) is 3.36. The van der Waals surface area contributed by atoms with Gasteiger partial charge in [-0.1, -0.05) is 0 Å². The largest absolute Gasteiger partial charge is 0.367 e. The molecule has 0 unspecified atom stereocenters. The highest BCUT2D eigenvalue weighted by Crippen LogP contribution is 2.37. The van der Waals surface area contributed by atoms with E-state index < -0.39 is 6.55 Å². The van der Waals surface area contributed by atoms with Crippen LogP contribution in [0.2, 0.25) is 0 Å². The number of hydrogen-bond acceptors (Lipinski definition) is 3. The van der Waals surface area contributed by atoms with Crippen LogP contribution < -0.4 is 5.32 Å². The van der Waals surface area contributed by atoms with Gasteiger partial charge in [0, 0.05) is 24.8 Å². The monoisotopic (exact) mass is 243 g/mol. The van der Waals surface area contributed by atoms with Crippen LogP contribution >= 0.6 is 0 Å². The van der Waals surface area contributed by atoms with Crippen molar-refractivity contribution in [2.24, 2.45) is 5.92 Å². The van der Waals surface area contributed by atoms with Gasteiger partial charge in [0.2, 0.25) is 0 Å². The Morgan fingerprint density at radius 1 is 1.41 bits per heavy atom. The minimum Gasteiger partial charge on any atom is -0.367 e. The molecule has 94 valence electrons. The predicted octanol–water partition coefficient (Wildman–Crippen LogP) is 1.72. The van der Waals surface area contributed by atoms with E-state index in [4.69, 9.17) is 4.74 Å². The Balaban J connectivity index is 1.69. The van der Waals surface area contributed by atoms with Crippen molar-refractivity contribution in [1.82, 2.24) is 15.1 Å². The summed E-state index contributed by atoms with van der Waals surface area (Å²) in [6.07, 6.45) is 5.34. The second kappa shape index (κ2) is 4.34. The van der Waals surface area contributed by atoms with Gasteiger partial charge in [-0.3, -0.25) is 0 Å². The van der Waals surface area contributed by atoms with Gasteiger partial charge in [-0.2, -0.15) is 13.9 Å². The van der Waals surface area contributed by atoms with Crippen molar-refractivity contribution in [1.29, 1.82) is 0 Å². The maximum Gasteiger partial charge on any atom is 0.333 e. The van der Waals surface area contributed by atoms with Crippen molar-refractivity contribution in [2.45, 2.75) is 31.6 Å². The average molecular weight is 243 g/mol. The smallest absolute Gasteiger partial charge is 0.333 e. The van der Waals surface area contributed by atoms with Crippen LogP contribution in [0, 0.1) is 5.92 Å². The normalized spacial score (nSPS) is 29.8. The quantitative estimate of drug-likeness (QED) is 0.878. The zero-order valence-electron chi connectivity index (χ0n) is 9.35. The second-order valence-corrected chi connectivity index (χ2v) is 4.69. The molecule has 1 saturated heterocycles. The average Bonchev–Trinajstić information content (AvgIpc) is 3.06. The van der Waals surface area contributed by atoms with Crippen molar-refractivity contribution < 1.29 is 13.5 Å². The minimum absolute atomic E-state index is 0.151. The summed E-state index contributed by atoms with van der Waals surface area (Å²) in [7, 11) is 0. The molecule has 6 heteroatoms. The highest BCUT2D eigenvalue weighted by atomic mass is 19.3. The van der Waals surface area contributed by atoms with Gasteiger partial charge in [0.1, 0.15) is 0 Å². The molecule has 2 fully saturated rings. The maximum atomic E-state index is 12.4. The van der Waals surface area contributed by atoms with Crippen molar-refractivity contribution in [3.8, 4) is 0 Å². The summed E-state index contributed by atoms with van der Waals surface area (Å²) < 4.78 is 31.4. The Bertz CT molecular complexity index is 392. The van der Waals surface area contributed by atoms with E-state index in [-0.39, 0.29) is 12.2 Å². The number of rotatable bonds is 3. The number of alkyl halides is 2. The van der Waals surface area contributed by atoms with E-state index in [1.807, 2.05) is 0 Å². The summed E-state index contributed by atoms with van der Waals surface area (Å²) in [5.74, 6) is 0.649. The number of hydrogen-bond donors (Lipinski definition) is 1. The molecule has 0 radical (unpaired) electrons. The van der Waals surface area contributed by atoms with Gasteiger partial charge in [-0.15, -0.1) is 0 Å². The van der Waals surface area contributed by atoms with Gasteiger partial charge in [0.15, 0.2) is 0 Å². The first-order valence-corrected chi connectivity index (χ1v) is 5.92. The SMILES string of the molecule is FC(F)n1cc([C@H]2CNC[C@@H](C3CC3)O2)cn1. The lowest BCUT2D eigenvalue weighted by Gasteiger charge is -2.30. The van der Waals surface area contributed by atoms with E-state index in [0.29, 0.717) is 17.1 Å². The van der Waals surface area contributed by atoms with Gasteiger partial charge in [-0.25, -0.2) is 4.68 Å². The molecule has 1 aromatic rings. The lowest BCUT2D eigenvalue weighted by molar-refractivity contribution is -0.0495. The molecule has 1 aromatic heterocycles. The number of halogens is 2. The fourth-order valence-electron chi connectivity index (χ4n) is 2.23. The summed E-state index contributed by atoms with van der Waals surface area (Å²) in [5.41, 5.74) is 0.725. The first-order valence-electron chi connectivity index (χ1n) is 5.92. The second-order valence-electron chi connectivity index (χ2n) is 4.69. The molecule has 1 aliphatic heterocycles. The summed E-state index contributed by atoms with van der Waals surface area (Å²) in [4.78, 5) is 0. The van der Waals surface area contributed by atoms with E-state index >= 15 is 0 Å². The van der Waals surface area contributed by atoms with E-state index in [1.54, 1.807) is 0 Å². The van der Waals surface area contributed by atoms with Crippen molar-refractivity contribution >= 4 is 0 Å². The molecule has 2 aliphatic rings. The molecule has 0 aromatic carbocycles. The molecule has 3 rings (SSSR count). The van der Waals surface area contributed by atoms with Crippen molar-refractivity contribution in [2.75, 3.05) is 13.1 Å². The number of morpholine rings is 1. The van der Waals surface area contributed by atoms with Gasteiger partial charge >= 0.3 is 6.55 Å². The van der Waals surface area contributed by atoms with E-state index in [1.165, 1.54) is 25.2 Å². The van der Waals surface area contributed by atoms with Crippen LogP contribution in [0.15, 0.2) is 12.4 Å². The summed E-state index contributed by atoms with van der Waals surface area (Å²) in [6, 6.07) is 0. The molecule has 0 spiro atoms. The molecule has 2 atom stereocenters. The summed E-state index contributed by atoms with van der Waals surface area (Å²) in [5, 5.41) is 6.93. The fraction of sp³-hybridized carbons (Fsp3) is 0.727. The summed E-state index contributed by atoms with van der Waals surface area (Å²) in [6.45, 7) is -1.05. The molecule has 0 amide bonds. The van der Waals surface area contributed by atoms with Gasteiger partial charge < -0.3 is 10.1 Å². The molecule has 2 heterocycles. The molecular formula is C11H15F2N3O. The van der Waals surface area contributed by atoms with Crippen LogP contribution in [0.5, 0.6) is 0 Å². The third-order valence-electron chi connectivity index (χ3n) is 3.36. The minimum atomic E-state index is -2.58. The maximum absolute atomic E-state index is 12.4.